The molecule has 0 atom stereocenters. The fourth-order valence-corrected chi connectivity index (χ4v) is 4.53. The summed E-state index contributed by atoms with van der Waals surface area (Å²) in [6, 6.07) is 20.2. The van der Waals surface area contributed by atoms with E-state index in [2.05, 4.69) is 45.2 Å². The van der Waals surface area contributed by atoms with Crippen molar-refractivity contribution in [3.8, 4) is 16.9 Å². The van der Waals surface area contributed by atoms with Crippen molar-refractivity contribution in [2.75, 3.05) is 25.1 Å². The Morgan fingerprint density at radius 3 is 2.66 bits per heavy atom. The van der Waals surface area contributed by atoms with Crippen LogP contribution >= 0.6 is 0 Å². The number of H-pyrrole nitrogens is 1. The lowest BCUT2D eigenvalue weighted by molar-refractivity contribution is 0.400. The number of aromatic nitrogens is 3. The Hall–Kier alpha value is -3.67. The predicted octanol–water partition coefficient (Wildman–Crippen LogP) is 4.45. The predicted molar refractivity (Wildman–Crippen MR) is 127 cm³/mol. The Bertz CT molecular complexity index is 1280. The van der Waals surface area contributed by atoms with Gasteiger partial charge in [0.15, 0.2) is 5.65 Å². The highest BCUT2D eigenvalue weighted by atomic mass is 16.5. The number of fused-ring (bicyclic) bond motifs is 1. The van der Waals surface area contributed by atoms with Crippen LogP contribution in [0.25, 0.3) is 22.2 Å². The summed E-state index contributed by atoms with van der Waals surface area (Å²) in [6.45, 7) is 1.75. The fraction of sp³-hybridized carbons (Fsp3) is 0.269. The molecule has 32 heavy (non-hydrogen) atoms. The molecule has 162 valence electrons. The van der Waals surface area contributed by atoms with E-state index in [0.717, 1.165) is 49.2 Å². The highest BCUT2D eigenvalue weighted by Crippen LogP contribution is 2.29. The maximum atomic E-state index is 13.1. The lowest BCUT2D eigenvalue weighted by Crippen LogP contribution is -2.36. The van der Waals surface area contributed by atoms with Crippen molar-refractivity contribution in [1.82, 2.24) is 15.0 Å². The molecule has 1 fully saturated rings. The van der Waals surface area contributed by atoms with Gasteiger partial charge in [0.1, 0.15) is 5.75 Å². The van der Waals surface area contributed by atoms with Crippen LogP contribution in [-0.2, 0) is 6.42 Å². The monoisotopic (exact) mass is 426 g/mol. The van der Waals surface area contributed by atoms with Crippen LogP contribution in [-0.4, -0.2) is 35.2 Å². The molecule has 0 bridgehead atoms. The van der Waals surface area contributed by atoms with Crippen molar-refractivity contribution < 1.29 is 4.74 Å². The molecule has 0 spiro atoms. The first-order valence-electron chi connectivity index (χ1n) is 11.0. The van der Waals surface area contributed by atoms with Gasteiger partial charge >= 0.3 is 0 Å². The molecule has 0 amide bonds. The van der Waals surface area contributed by atoms with E-state index in [1.807, 2.05) is 30.3 Å². The van der Waals surface area contributed by atoms with Gasteiger partial charge in [-0.15, -0.1) is 0 Å². The van der Waals surface area contributed by atoms with Gasteiger partial charge in [-0.2, -0.15) is 4.98 Å². The molecule has 0 aliphatic carbocycles. The number of benzene rings is 2. The fourth-order valence-electron chi connectivity index (χ4n) is 4.53. The van der Waals surface area contributed by atoms with Crippen LogP contribution in [0.15, 0.2) is 71.7 Å². The van der Waals surface area contributed by atoms with E-state index in [0.29, 0.717) is 22.9 Å². The molecular weight excluding hydrogens is 400 g/mol. The topological polar surface area (TPSA) is 71.1 Å². The van der Waals surface area contributed by atoms with E-state index in [9.17, 15) is 4.79 Å². The van der Waals surface area contributed by atoms with Gasteiger partial charge in [0.2, 0.25) is 5.95 Å². The van der Waals surface area contributed by atoms with E-state index in [4.69, 9.17) is 9.72 Å². The van der Waals surface area contributed by atoms with Gasteiger partial charge in [0, 0.05) is 19.3 Å². The number of nitrogens with one attached hydrogen (secondary N) is 1. The number of rotatable bonds is 5. The van der Waals surface area contributed by atoms with Crippen LogP contribution < -0.4 is 15.2 Å². The normalized spacial score (nSPS) is 14.6. The average Bonchev–Trinajstić information content (AvgIpc) is 2.85. The van der Waals surface area contributed by atoms with Crippen molar-refractivity contribution in [2.24, 2.45) is 5.92 Å². The quantitative estimate of drug-likeness (QED) is 0.510. The number of hydrogen-bond donors (Lipinski definition) is 1. The van der Waals surface area contributed by atoms with E-state index in [-0.39, 0.29) is 5.56 Å². The zero-order valence-electron chi connectivity index (χ0n) is 18.1. The maximum absolute atomic E-state index is 13.1. The maximum Gasteiger partial charge on any atom is 0.262 e. The molecule has 2 aromatic heterocycles. The zero-order valence-corrected chi connectivity index (χ0v) is 18.1. The van der Waals surface area contributed by atoms with E-state index < -0.39 is 0 Å². The molecule has 1 saturated heterocycles. The first kappa shape index (κ1) is 20.2. The number of methoxy groups -OCH3 is 1. The van der Waals surface area contributed by atoms with E-state index in [1.54, 1.807) is 13.3 Å². The molecule has 1 aliphatic heterocycles. The number of anilines is 1. The Balaban J connectivity index is 1.39. The first-order chi connectivity index (χ1) is 15.7. The molecule has 2 aromatic carbocycles. The van der Waals surface area contributed by atoms with Crippen molar-refractivity contribution in [3.05, 3.63) is 82.8 Å². The van der Waals surface area contributed by atoms with Gasteiger partial charge in [0.25, 0.3) is 5.56 Å². The molecule has 1 N–H and O–H groups in total. The molecule has 4 aromatic rings. The molecule has 3 heterocycles. The molecule has 0 saturated carbocycles. The molecule has 6 nitrogen and oxygen atoms in total. The Morgan fingerprint density at radius 1 is 1.06 bits per heavy atom. The third-order valence-corrected chi connectivity index (χ3v) is 6.26. The second-order valence-corrected chi connectivity index (χ2v) is 8.30. The summed E-state index contributed by atoms with van der Waals surface area (Å²) in [6.07, 6.45) is 4.96. The average molecular weight is 427 g/mol. The lowest BCUT2D eigenvalue weighted by Gasteiger charge is -2.32. The number of nitrogens with zero attached hydrogens (tertiary/aromatic N) is 3. The number of ether oxygens (including phenoxy) is 1. The zero-order chi connectivity index (χ0) is 21.9. The molecule has 6 heteroatoms. The van der Waals surface area contributed by atoms with Crippen molar-refractivity contribution in [2.45, 2.75) is 19.3 Å². The van der Waals surface area contributed by atoms with Crippen molar-refractivity contribution in [1.29, 1.82) is 0 Å². The van der Waals surface area contributed by atoms with Crippen LogP contribution in [0, 0.1) is 5.92 Å². The number of piperidine rings is 1. The summed E-state index contributed by atoms with van der Waals surface area (Å²) < 4.78 is 5.34. The standard InChI is InChI=1S/C26H26N4O2/c1-32-21-9-5-8-20(17-21)22-10-13-27-24-23(22)25(31)29-26(28-24)30-14-11-19(12-15-30)16-18-6-3-2-4-7-18/h2-10,13,17,19H,11-12,14-16H2,1H3,(H,27,28,29,31). The molecular formula is C26H26N4O2. The lowest BCUT2D eigenvalue weighted by atomic mass is 9.90. The van der Waals surface area contributed by atoms with Crippen LogP contribution in [0.5, 0.6) is 5.75 Å². The molecule has 1 aliphatic rings. The van der Waals surface area contributed by atoms with E-state index in [1.165, 1.54) is 5.56 Å². The van der Waals surface area contributed by atoms with Gasteiger partial charge in [-0.25, -0.2) is 4.98 Å². The van der Waals surface area contributed by atoms with Crippen LogP contribution in [0.1, 0.15) is 18.4 Å². The third-order valence-electron chi connectivity index (χ3n) is 6.26. The summed E-state index contributed by atoms with van der Waals surface area (Å²) in [5.74, 6) is 2.00. The van der Waals surface area contributed by atoms with Crippen LogP contribution in [0.4, 0.5) is 5.95 Å². The van der Waals surface area contributed by atoms with Gasteiger partial charge in [-0.1, -0.05) is 42.5 Å². The highest BCUT2D eigenvalue weighted by Gasteiger charge is 2.22. The number of aromatic amines is 1. The van der Waals surface area contributed by atoms with E-state index >= 15 is 0 Å². The summed E-state index contributed by atoms with van der Waals surface area (Å²) in [5.41, 5.74) is 3.39. The van der Waals surface area contributed by atoms with Gasteiger partial charge in [0.05, 0.1) is 12.5 Å². The second-order valence-electron chi connectivity index (χ2n) is 8.30. The Morgan fingerprint density at radius 2 is 1.88 bits per heavy atom. The van der Waals surface area contributed by atoms with Gasteiger partial charge in [-0.05, 0) is 60.1 Å². The highest BCUT2D eigenvalue weighted by molar-refractivity contribution is 5.92. The third kappa shape index (κ3) is 4.08. The summed E-state index contributed by atoms with van der Waals surface area (Å²) in [5, 5.41) is 0.503. The summed E-state index contributed by atoms with van der Waals surface area (Å²) in [7, 11) is 1.63. The smallest absolute Gasteiger partial charge is 0.262 e. The number of pyridine rings is 1. The second kappa shape index (κ2) is 8.83. The summed E-state index contributed by atoms with van der Waals surface area (Å²) in [4.78, 5) is 27.4. The number of hydrogen-bond acceptors (Lipinski definition) is 5. The molecule has 0 radical (unpaired) electrons. The van der Waals surface area contributed by atoms with Crippen molar-refractivity contribution >= 4 is 17.0 Å². The first-order valence-corrected chi connectivity index (χ1v) is 11.0. The van der Waals surface area contributed by atoms with Crippen LogP contribution in [0.2, 0.25) is 0 Å². The van der Waals surface area contributed by atoms with Gasteiger partial charge < -0.3 is 9.64 Å². The van der Waals surface area contributed by atoms with Crippen LogP contribution in [0.3, 0.4) is 0 Å². The minimum Gasteiger partial charge on any atom is -0.497 e. The molecule has 5 rings (SSSR count). The van der Waals surface area contributed by atoms with Crippen molar-refractivity contribution in [3.63, 3.8) is 0 Å². The minimum atomic E-state index is -0.165. The molecule has 0 unspecified atom stereocenters. The Kier molecular flexibility index (Phi) is 5.58. The van der Waals surface area contributed by atoms with Gasteiger partial charge in [-0.3, -0.25) is 9.78 Å². The Labute approximate surface area is 186 Å². The minimum absolute atomic E-state index is 0.165. The summed E-state index contributed by atoms with van der Waals surface area (Å²) >= 11 is 0. The largest absolute Gasteiger partial charge is 0.497 e. The SMILES string of the molecule is COc1cccc(-c2ccnc3nc(N4CCC(Cc5ccccc5)CC4)[nH]c(=O)c23)c1.